The average Bonchev–Trinajstić information content (AvgIpc) is 3.17. The van der Waals surface area contributed by atoms with Crippen LogP contribution in [0.4, 0.5) is 24.5 Å². The van der Waals surface area contributed by atoms with E-state index >= 15 is 0 Å². The summed E-state index contributed by atoms with van der Waals surface area (Å²) >= 11 is 1.01. The molecule has 1 heterocycles. The van der Waals surface area contributed by atoms with E-state index in [1.165, 1.54) is 30.3 Å². The van der Waals surface area contributed by atoms with Crippen molar-refractivity contribution in [2.45, 2.75) is 31.0 Å². The summed E-state index contributed by atoms with van der Waals surface area (Å²) in [6.45, 7) is 2.97. The molecule has 0 fully saturated rings. The number of hydrogen-bond acceptors (Lipinski definition) is 5. The van der Waals surface area contributed by atoms with Crippen LogP contribution in [0.2, 0.25) is 0 Å². The number of nitrogens with zero attached hydrogens (tertiary/aromatic N) is 2. The SMILES string of the molecule is CC(C)n1c(=O)sc2cc(NC(=O)CN(c3cccc(C(F)(F)F)c3)S(=O)(=O)c3ccccc3)ccc21. The first-order valence-corrected chi connectivity index (χ1v) is 13.3. The number of aromatic nitrogens is 1. The van der Waals surface area contributed by atoms with Crippen molar-refractivity contribution in [2.24, 2.45) is 0 Å². The molecule has 0 saturated heterocycles. The van der Waals surface area contributed by atoms with E-state index in [-0.39, 0.29) is 21.5 Å². The molecule has 7 nitrogen and oxygen atoms in total. The monoisotopic (exact) mass is 549 g/mol. The van der Waals surface area contributed by atoms with Crippen LogP contribution in [0.1, 0.15) is 25.5 Å². The minimum atomic E-state index is -4.70. The van der Waals surface area contributed by atoms with Crippen molar-refractivity contribution in [3.8, 4) is 0 Å². The highest BCUT2D eigenvalue weighted by Crippen LogP contribution is 2.33. The van der Waals surface area contributed by atoms with Crippen molar-refractivity contribution in [2.75, 3.05) is 16.2 Å². The number of nitrogens with one attached hydrogen (secondary N) is 1. The van der Waals surface area contributed by atoms with Gasteiger partial charge >= 0.3 is 11.0 Å². The van der Waals surface area contributed by atoms with Crippen LogP contribution < -0.4 is 14.5 Å². The minimum absolute atomic E-state index is 0.0640. The van der Waals surface area contributed by atoms with E-state index < -0.39 is 34.2 Å². The summed E-state index contributed by atoms with van der Waals surface area (Å²) < 4.78 is 69.7. The first-order chi connectivity index (χ1) is 17.4. The second-order valence-corrected chi connectivity index (χ2v) is 11.3. The number of fused-ring (bicyclic) bond motifs is 1. The van der Waals surface area contributed by atoms with Crippen LogP contribution in [-0.4, -0.2) is 25.4 Å². The van der Waals surface area contributed by atoms with Crippen LogP contribution in [0.25, 0.3) is 10.2 Å². The van der Waals surface area contributed by atoms with Gasteiger partial charge in [0.05, 0.1) is 26.4 Å². The van der Waals surface area contributed by atoms with Crippen molar-refractivity contribution in [3.05, 3.63) is 88.0 Å². The van der Waals surface area contributed by atoms with Gasteiger partial charge in [-0.2, -0.15) is 13.2 Å². The maximum atomic E-state index is 13.4. The summed E-state index contributed by atoms with van der Waals surface area (Å²) in [5, 5.41) is 2.59. The van der Waals surface area contributed by atoms with Crippen LogP contribution in [0, 0.1) is 0 Å². The van der Waals surface area contributed by atoms with Gasteiger partial charge in [-0.05, 0) is 62.4 Å². The molecule has 1 aromatic heterocycles. The van der Waals surface area contributed by atoms with Crippen LogP contribution >= 0.6 is 11.3 Å². The Morgan fingerprint density at radius 3 is 2.38 bits per heavy atom. The predicted octanol–water partition coefficient (Wildman–Crippen LogP) is 5.50. The third kappa shape index (κ3) is 5.54. The summed E-state index contributed by atoms with van der Waals surface area (Å²) in [5.74, 6) is -0.771. The number of amides is 1. The molecule has 0 unspecified atom stereocenters. The summed E-state index contributed by atoms with van der Waals surface area (Å²) in [7, 11) is -4.39. The van der Waals surface area contributed by atoms with E-state index in [1.807, 2.05) is 13.8 Å². The fourth-order valence-corrected chi connectivity index (χ4v) is 6.29. The normalized spacial score (nSPS) is 12.2. The van der Waals surface area contributed by atoms with Crippen molar-refractivity contribution in [1.29, 1.82) is 0 Å². The molecule has 37 heavy (non-hydrogen) atoms. The molecule has 3 aromatic carbocycles. The lowest BCUT2D eigenvalue weighted by Gasteiger charge is -2.25. The Morgan fingerprint density at radius 2 is 1.73 bits per heavy atom. The lowest BCUT2D eigenvalue weighted by Crippen LogP contribution is -2.38. The molecule has 0 radical (unpaired) electrons. The summed E-state index contributed by atoms with van der Waals surface area (Å²) in [6.07, 6.45) is -4.70. The number of alkyl halides is 3. The van der Waals surface area contributed by atoms with Gasteiger partial charge in [-0.1, -0.05) is 35.6 Å². The smallest absolute Gasteiger partial charge is 0.324 e. The molecule has 1 N–H and O–H groups in total. The Labute approximate surface area is 214 Å². The molecule has 1 amide bonds. The zero-order chi connectivity index (χ0) is 27.0. The molecule has 0 atom stereocenters. The van der Waals surface area contributed by atoms with Gasteiger partial charge in [-0.15, -0.1) is 0 Å². The minimum Gasteiger partial charge on any atom is -0.324 e. The average molecular weight is 550 g/mol. The Balaban J connectivity index is 1.68. The van der Waals surface area contributed by atoms with E-state index in [0.29, 0.717) is 26.3 Å². The second kappa shape index (κ2) is 10.0. The third-order valence-electron chi connectivity index (χ3n) is 5.49. The van der Waals surface area contributed by atoms with Crippen molar-refractivity contribution >= 4 is 48.9 Å². The van der Waals surface area contributed by atoms with Crippen molar-refractivity contribution in [1.82, 2.24) is 4.57 Å². The van der Waals surface area contributed by atoms with Gasteiger partial charge in [0.15, 0.2) is 0 Å². The second-order valence-electron chi connectivity index (χ2n) is 8.44. The predicted molar refractivity (Wildman–Crippen MR) is 138 cm³/mol. The molecule has 12 heteroatoms. The maximum Gasteiger partial charge on any atom is 0.416 e. The molecule has 0 saturated carbocycles. The number of hydrogen-bond donors (Lipinski definition) is 1. The summed E-state index contributed by atoms with van der Waals surface area (Å²) in [4.78, 5) is 24.9. The van der Waals surface area contributed by atoms with Crippen LogP contribution in [0.5, 0.6) is 0 Å². The molecule has 0 aliphatic carbocycles. The zero-order valence-corrected chi connectivity index (χ0v) is 21.3. The molecule has 0 bridgehead atoms. The molecule has 0 aliphatic heterocycles. The van der Waals surface area contributed by atoms with Crippen LogP contribution in [0.3, 0.4) is 0 Å². The van der Waals surface area contributed by atoms with E-state index in [2.05, 4.69) is 5.32 Å². The maximum absolute atomic E-state index is 13.4. The van der Waals surface area contributed by atoms with Gasteiger partial charge in [0, 0.05) is 11.7 Å². The molecule has 194 valence electrons. The van der Waals surface area contributed by atoms with E-state index in [9.17, 15) is 31.2 Å². The van der Waals surface area contributed by atoms with Gasteiger partial charge in [-0.25, -0.2) is 8.42 Å². The molecular weight excluding hydrogens is 527 g/mol. The Morgan fingerprint density at radius 1 is 1.03 bits per heavy atom. The Kier molecular flexibility index (Phi) is 7.16. The van der Waals surface area contributed by atoms with E-state index in [1.54, 1.807) is 28.8 Å². The van der Waals surface area contributed by atoms with Gasteiger partial charge in [0.1, 0.15) is 6.54 Å². The number of sulfonamides is 1. The first-order valence-electron chi connectivity index (χ1n) is 11.1. The quantitative estimate of drug-likeness (QED) is 0.330. The highest BCUT2D eigenvalue weighted by molar-refractivity contribution is 7.92. The molecule has 0 aliphatic rings. The van der Waals surface area contributed by atoms with Crippen LogP contribution in [0.15, 0.2) is 82.5 Å². The largest absolute Gasteiger partial charge is 0.416 e. The molecular formula is C25H22F3N3O4S2. The highest BCUT2D eigenvalue weighted by atomic mass is 32.2. The molecule has 4 aromatic rings. The van der Waals surface area contributed by atoms with Crippen LogP contribution in [-0.2, 0) is 21.0 Å². The molecule has 4 rings (SSSR count). The number of rotatable bonds is 7. The number of anilines is 2. The number of carbonyl (C=O) groups excluding carboxylic acids is 1. The van der Waals surface area contributed by atoms with Crippen molar-refractivity contribution in [3.63, 3.8) is 0 Å². The number of carbonyl (C=O) groups is 1. The topological polar surface area (TPSA) is 88.5 Å². The fourth-order valence-electron chi connectivity index (χ4n) is 3.81. The number of halogens is 3. The van der Waals surface area contributed by atoms with E-state index in [0.717, 1.165) is 23.5 Å². The number of thiazole rings is 1. The zero-order valence-electron chi connectivity index (χ0n) is 19.7. The van der Waals surface area contributed by atoms with E-state index in [4.69, 9.17) is 0 Å². The first kappa shape index (κ1) is 26.4. The standard InChI is InChI=1S/C25H22F3N3O4S2/c1-16(2)31-21-12-11-18(14-22(21)36-24(31)33)29-23(32)15-30(37(34,35)20-9-4-3-5-10-20)19-8-6-7-17(13-19)25(26,27)28/h3-14,16H,15H2,1-2H3,(H,29,32). The highest BCUT2D eigenvalue weighted by Gasteiger charge is 2.33. The number of benzene rings is 3. The van der Waals surface area contributed by atoms with Crippen molar-refractivity contribution < 1.29 is 26.4 Å². The molecule has 0 spiro atoms. The summed E-state index contributed by atoms with van der Waals surface area (Å²) in [5.41, 5.74) is -0.346. The fraction of sp³-hybridized carbons (Fsp3) is 0.200. The lowest BCUT2D eigenvalue weighted by atomic mass is 10.2. The van der Waals surface area contributed by atoms with Gasteiger partial charge < -0.3 is 5.32 Å². The third-order valence-corrected chi connectivity index (χ3v) is 8.20. The lowest BCUT2D eigenvalue weighted by molar-refractivity contribution is -0.137. The summed E-state index contributed by atoms with van der Waals surface area (Å²) in [6, 6.07) is 15.7. The van der Waals surface area contributed by atoms with Gasteiger partial charge in [-0.3, -0.25) is 18.5 Å². The Hall–Kier alpha value is -3.64. The van der Waals surface area contributed by atoms with Gasteiger partial charge in [0.2, 0.25) is 5.91 Å². The Bertz CT molecular complexity index is 1610. The van der Waals surface area contributed by atoms with Gasteiger partial charge in [0.25, 0.3) is 10.0 Å².